The van der Waals surface area contributed by atoms with Crippen LogP contribution in [-0.4, -0.2) is 36.3 Å². The third-order valence-corrected chi connectivity index (χ3v) is 3.48. The van der Waals surface area contributed by atoms with Gasteiger partial charge < -0.3 is 15.4 Å². The molecule has 0 radical (unpaired) electrons. The van der Waals surface area contributed by atoms with Crippen LogP contribution in [0.2, 0.25) is 0 Å². The second kappa shape index (κ2) is 4.94. The van der Waals surface area contributed by atoms with E-state index < -0.39 is 0 Å². The fraction of sp³-hybridized carbons (Fsp3) is 0.357. The fourth-order valence-corrected chi connectivity index (χ4v) is 2.38. The number of fused-ring (bicyclic) bond motifs is 1. The molecule has 6 heteroatoms. The maximum absolute atomic E-state index is 9.30. The summed E-state index contributed by atoms with van der Waals surface area (Å²) in [6, 6.07) is 5.91. The van der Waals surface area contributed by atoms with Crippen LogP contribution in [-0.2, 0) is 4.74 Å². The van der Waals surface area contributed by atoms with Gasteiger partial charge in [-0.2, -0.15) is 5.26 Å². The highest BCUT2D eigenvalue weighted by Crippen LogP contribution is 2.26. The van der Waals surface area contributed by atoms with Crippen molar-refractivity contribution in [2.24, 2.45) is 0 Å². The van der Waals surface area contributed by atoms with Crippen LogP contribution in [0.25, 0.3) is 11.0 Å². The molecule has 1 aromatic heterocycles. The Morgan fingerprint density at radius 1 is 1.30 bits per heavy atom. The first kappa shape index (κ1) is 12.6. The highest BCUT2D eigenvalue weighted by molar-refractivity contribution is 5.85. The maximum atomic E-state index is 9.30. The molecule has 20 heavy (non-hydrogen) atoms. The zero-order valence-electron chi connectivity index (χ0n) is 11.3. The Hall–Kier alpha value is -2.39. The van der Waals surface area contributed by atoms with E-state index in [2.05, 4.69) is 20.9 Å². The number of nitriles is 1. The molecule has 1 aliphatic rings. The summed E-state index contributed by atoms with van der Waals surface area (Å²) in [5, 5.41) is 9.30. The van der Waals surface area contributed by atoms with Crippen LogP contribution in [0.3, 0.4) is 0 Å². The van der Waals surface area contributed by atoms with Crippen molar-refractivity contribution in [3.63, 3.8) is 0 Å². The molecule has 0 unspecified atom stereocenters. The Balaban J connectivity index is 2.18. The molecule has 0 aliphatic carbocycles. The van der Waals surface area contributed by atoms with E-state index in [0.29, 0.717) is 41.4 Å². The van der Waals surface area contributed by atoms with Crippen molar-refractivity contribution < 1.29 is 4.74 Å². The Kier molecular flexibility index (Phi) is 3.12. The van der Waals surface area contributed by atoms with Gasteiger partial charge in [0.05, 0.1) is 24.3 Å². The number of morpholine rings is 1. The summed E-state index contributed by atoms with van der Waals surface area (Å²) in [7, 11) is 0. The van der Waals surface area contributed by atoms with Gasteiger partial charge in [0.1, 0.15) is 11.6 Å². The van der Waals surface area contributed by atoms with Gasteiger partial charge in [0, 0.05) is 13.1 Å². The Morgan fingerprint density at radius 3 is 2.75 bits per heavy atom. The SMILES string of the molecule is Cc1ccc2nc(N)c(N3CCOCC3)nc2c1C#N. The summed E-state index contributed by atoms with van der Waals surface area (Å²) < 4.78 is 5.33. The van der Waals surface area contributed by atoms with Gasteiger partial charge in [-0.25, -0.2) is 9.97 Å². The van der Waals surface area contributed by atoms with Crippen molar-refractivity contribution in [3.05, 3.63) is 23.3 Å². The summed E-state index contributed by atoms with van der Waals surface area (Å²) in [5.74, 6) is 1.04. The van der Waals surface area contributed by atoms with Gasteiger partial charge in [0.25, 0.3) is 0 Å². The number of benzene rings is 1. The second-order valence-electron chi connectivity index (χ2n) is 4.77. The summed E-state index contributed by atoms with van der Waals surface area (Å²) in [4.78, 5) is 11.0. The summed E-state index contributed by atoms with van der Waals surface area (Å²) in [6.07, 6.45) is 0. The summed E-state index contributed by atoms with van der Waals surface area (Å²) in [5.41, 5.74) is 8.73. The lowest BCUT2D eigenvalue weighted by Gasteiger charge is -2.28. The summed E-state index contributed by atoms with van der Waals surface area (Å²) in [6.45, 7) is 4.66. The Bertz CT molecular complexity index is 701. The minimum atomic E-state index is 0.396. The van der Waals surface area contributed by atoms with Gasteiger partial charge in [-0.15, -0.1) is 0 Å². The molecule has 0 spiro atoms. The van der Waals surface area contributed by atoms with Gasteiger partial charge in [-0.1, -0.05) is 6.07 Å². The first-order valence-electron chi connectivity index (χ1n) is 6.50. The molecule has 2 aromatic rings. The fourth-order valence-electron chi connectivity index (χ4n) is 2.38. The van der Waals surface area contributed by atoms with Crippen molar-refractivity contribution in [1.29, 1.82) is 5.26 Å². The van der Waals surface area contributed by atoms with Crippen LogP contribution in [0, 0.1) is 18.3 Å². The molecule has 2 heterocycles. The normalized spacial score (nSPS) is 15.3. The number of aryl methyl sites for hydroxylation is 1. The molecule has 0 saturated carbocycles. The molecule has 1 fully saturated rings. The van der Waals surface area contributed by atoms with E-state index in [9.17, 15) is 5.26 Å². The summed E-state index contributed by atoms with van der Waals surface area (Å²) >= 11 is 0. The van der Waals surface area contributed by atoms with Crippen LogP contribution in [0.15, 0.2) is 12.1 Å². The average Bonchev–Trinajstić information content (AvgIpc) is 2.48. The van der Waals surface area contributed by atoms with Gasteiger partial charge >= 0.3 is 0 Å². The number of hydrogen-bond acceptors (Lipinski definition) is 6. The molecule has 1 aromatic carbocycles. The maximum Gasteiger partial charge on any atom is 0.172 e. The van der Waals surface area contributed by atoms with Crippen LogP contribution < -0.4 is 10.6 Å². The number of nitrogens with zero attached hydrogens (tertiary/aromatic N) is 4. The number of anilines is 2. The van der Waals surface area contributed by atoms with Crippen LogP contribution >= 0.6 is 0 Å². The monoisotopic (exact) mass is 269 g/mol. The molecule has 0 amide bonds. The van der Waals surface area contributed by atoms with Crippen LogP contribution in [0.1, 0.15) is 11.1 Å². The first-order valence-corrected chi connectivity index (χ1v) is 6.50. The van der Waals surface area contributed by atoms with Crippen molar-refractivity contribution in [2.75, 3.05) is 36.9 Å². The number of ether oxygens (including phenoxy) is 1. The van der Waals surface area contributed by atoms with E-state index in [4.69, 9.17) is 10.5 Å². The van der Waals surface area contributed by atoms with Crippen molar-refractivity contribution in [1.82, 2.24) is 9.97 Å². The van der Waals surface area contributed by atoms with Crippen molar-refractivity contribution in [2.45, 2.75) is 6.92 Å². The molecule has 1 saturated heterocycles. The third kappa shape index (κ3) is 2.02. The molecule has 0 bridgehead atoms. The lowest BCUT2D eigenvalue weighted by Crippen LogP contribution is -2.37. The zero-order valence-corrected chi connectivity index (χ0v) is 11.3. The highest BCUT2D eigenvalue weighted by Gasteiger charge is 2.18. The number of rotatable bonds is 1. The standard InChI is InChI=1S/C14H15N5O/c1-9-2-3-11-12(10(9)8-15)18-14(13(16)17-11)19-4-6-20-7-5-19/h2-3H,4-7H2,1H3,(H2,16,17). The molecule has 2 N–H and O–H groups in total. The van der Waals surface area contributed by atoms with Crippen LogP contribution in [0.4, 0.5) is 11.6 Å². The third-order valence-electron chi connectivity index (χ3n) is 3.48. The Morgan fingerprint density at radius 2 is 2.05 bits per heavy atom. The van der Waals surface area contributed by atoms with Crippen LogP contribution in [0.5, 0.6) is 0 Å². The number of aromatic nitrogens is 2. The first-order chi connectivity index (χ1) is 9.70. The Labute approximate surface area is 116 Å². The number of nitrogen functional groups attached to an aromatic ring is 1. The van der Waals surface area contributed by atoms with E-state index in [1.807, 2.05) is 19.1 Å². The van der Waals surface area contributed by atoms with E-state index in [-0.39, 0.29) is 0 Å². The minimum absolute atomic E-state index is 0.396. The number of nitrogens with two attached hydrogens (primary N) is 1. The van der Waals surface area contributed by atoms with Crippen molar-refractivity contribution >= 4 is 22.7 Å². The molecule has 0 atom stereocenters. The number of hydrogen-bond donors (Lipinski definition) is 1. The zero-order chi connectivity index (χ0) is 14.1. The predicted molar refractivity (Wildman–Crippen MR) is 76.4 cm³/mol. The van der Waals surface area contributed by atoms with Gasteiger partial charge in [0.2, 0.25) is 0 Å². The van der Waals surface area contributed by atoms with E-state index in [0.717, 1.165) is 18.7 Å². The van der Waals surface area contributed by atoms with E-state index in [1.54, 1.807) is 0 Å². The molecule has 6 nitrogen and oxygen atoms in total. The van der Waals surface area contributed by atoms with E-state index >= 15 is 0 Å². The average molecular weight is 269 g/mol. The molecular weight excluding hydrogens is 254 g/mol. The van der Waals surface area contributed by atoms with Gasteiger partial charge in [0.15, 0.2) is 11.6 Å². The highest BCUT2D eigenvalue weighted by atomic mass is 16.5. The van der Waals surface area contributed by atoms with Gasteiger partial charge in [-0.05, 0) is 18.6 Å². The lowest BCUT2D eigenvalue weighted by molar-refractivity contribution is 0.122. The molecular formula is C14H15N5O. The smallest absolute Gasteiger partial charge is 0.172 e. The molecule has 1 aliphatic heterocycles. The minimum Gasteiger partial charge on any atom is -0.381 e. The second-order valence-corrected chi connectivity index (χ2v) is 4.77. The molecule has 3 rings (SSSR count). The predicted octanol–water partition coefficient (Wildman–Crippen LogP) is 1.23. The van der Waals surface area contributed by atoms with Crippen molar-refractivity contribution in [3.8, 4) is 6.07 Å². The largest absolute Gasteiger partial charge is 0.381 e. The molecule has 102 valence electrons. The lowest BCUT2D eigenvalue weighted by atomic mass is 10.1. The quantitative estimate of drug-likeness (QED) is 0.837. The van der Waals surface area contributed by atoms with Gasteiger partial charge in [-0.3, -0.25) is 0 Å². The topological polar surface area (TPSA) is 88.1 Å². The van der Waals surface area contributed by atoms with E-state index in [1.165, 1.54) is 0 Å².